The van der Waals surface area contributed by atoms with E-state index in [0.29, 0.717) is 13.0 Å². The molecule has 6 rings (SSSR count). The number of nitrogens with one attached hydrogen (secondary N) is 3. The molecule has 6 heteroatoms. The number of hydrogen-bond donors (Lipinski definition) is 4. The van der Waals surface area contributed by atoms with Crippen LogP contribution in [0, 0.1) is 12.8 Å². The lowest BCUT2D eigenvalue weighted by Gasteiger charge is -2.37. The minimum atomic E-state index is -0.985. The number of benzene rings is 6. The quantitative estimate of drug-likeness (QED) is 0.0559. The van der Waals surface area contributed by atoms with Gasteiger partial charge in [-0.2, -0.15) is 0 Å². The Kier molecular flexibility index (Phi) is 13.2. The van der Waals surface area contributed by atoms with E-state index in [2.05, 4.69) is 144 Å². The highest BCUT2D eigenvalue weighted by molar-refractivity contribution is 5.88. The van der Waals surface area contributed by atoms with E-state index in [0.717, 1.165) is 44.5 Å². The van der Waals surface area contributed by atoms with Crippen LogP contribution in [0.2, 0.25) is 0 Å². The van der Waals surface area contributed by atoms with Gasteiger partial charge < -0.3 is 10.4 Å². The molecule has 280 valence electrons. The van der Waals surface area contributed by atoms with Gasteiger partial charge in [-0.05, 0) is 70.7 Å². The van der Waals surface area contributed by atoms with Crippen molar-refractivity contribution in [3.05, 3.63) is 203 Å². The first kappa shape index (κ1) is 39.0. The molecule has 0 aliphatic heterocycles. The van der Waals surface area contributed by atoms with E-state index in [4.69, 9.17) is 0 Å². The molecule has 6 aromatic carbocycles. The van der Waals surface area contributed by atoms with Crippen LogP contribution in [0.25, 0.3) is 11.1 Å². The van der Waals surface area contributed by atoms with Crippen LogP contribution in [-0.4, -0.2) is 29.1 Å². The maximum atomic E-state index is 13.5. The predicted molar refractivity (Wildman–Crippen MR) is 222 cm³/mol. The smallest absolute Gasteiger partial charge is 0.237 e. The zero-order valence-corrected chi connectivity index (χ0v) is 31.9. The number of carbonyl (C=O) groups excluding carboxylic acids is 2. The molecular weight excluding hydrogens is 679 g/mol. The molecule has 0 aromatic heterocycles. The fourth-order valence-corrected chi connectivity index (χ4v) is 7.22. The summed E-state index contributed by atoms with van der Waals surface area (Å²) in [6, 6.07) is 55.5. The van der Waals surface area contributed by atoms with Crippen molar-refractivity contribution in [3.63, 3.8) is 0 Å². The number of carbonyl (C=O) groups is 2. The van der Waals surface area contributed by atoms with E-state index in [1.807, 2.05) is 49.4 Å². The Bertz CT molecular complexity index is 2080. The van der Waals surface area contributed by atoms with Gasteiger partial charge in [0, 0.05) is 19.5 Å². The van der Waals surface area contributed by atoms with E-state index in [1.54, 1.807) is 0 Å². The summed E-state index contributed by atoms with van der Waals surface area (Å²) in [5, 5.41) is 21.2. The third-order valence-electron chi connectivity index (χ3n) is 10.3. The zero-order chi connectivity index (χ0) is 38.6. The average molecular weight is 730 g/mol. The third-order valence-corrected chi connectivity index (χ3v) is 10.3. The van der Waals surface area contributed by atoms with Crippen LogP contribution in [0.3, 0.4) is 0 Å². The number of amides is 1. The van der Waals surface area contributed by atoms with E-state index in [-0.39, 0.29) is 30.6 Å². The number of hydrogen-bond acceptors (Lipinski definition) is 5. The Labute approximate surface area is 325 Å². The van der Waals surface area contributed by atoms with Crippen molar-refractivity contribution in [2.75, 3.05) is 0 Å². The second-order valence-corrected chi connectivity index (χ2v) is 14.6. The van der Waals surface area contributed by atoms with Crippen LogP contribution in [0.1, 0.15) is 59.2 Å². The molecule has 0 radical (unpaired) electrons. The molecule has 0 aliphatic carbocycles. The first-order valence-corrected chi connectivity index (χ1v) is 19.1. The van der Waals surface area contributed by atoms with Crippen molar-refractivity contribution < 1.29 is 14.7 Å². The van der Waals surface area contributed by atoms with Crippen LogP contribution in [0.5, 0.6) is 0 Å². The Morgan fingerprint density at radius 1 is 0.618 bits per heavy atom. The Morgan fingerprint density at radius 3 is 1.73 bits per heavy atom. The topological polar surface area (TPSA) is 90.5 Å². The second kappa shape index (κ2) is 18.6. The minimum absolute atomic E-state index is 0.0224. The van der Waals surface area contributed by atoms with Gasteiger partial charge in [0.2, 0.25) is 5.91 Å². The summed E-state index contributed by atoms with van der Waals surface area (Å²) in [6.45, 7) is 6.34. The van der Waals surface area contributed by atoms with Crippen LogP contribution >= 0.6 is 0 Å². The summed E-state index contributed by atoms with van der Waals surface area (Å²) in [6.07, 6.45) is -0.398. The highest BCUT2D eigenvalue weighted by Crippen LogP contribution is 2.37. The SMILES string of the molecule is CC(=O)C[C@H](N[C@@H](O)[C@@H](C)Cc1ccc(-c2ccccc2)cc1)C(=O)NCc1cccc(CNC(c2ccccc2)(c2ccccc2)c2ccc(C)cc2)c1. The summed E-state index contributed by atoms with van der Waals surface area (Å²) in [7, 11) is 0. The van der Waals surface area contributed by atoms with Crippen LogP contribution < -0.4 is 16.0 Å². The monoisotopic (exact) mass is 729 g/mol. The molecule has 3 atom stereocenters. The van der Waals surface area contributed by atoms with Crippen molar-refractivity contribution in [2.24, 2.45) is 5.92 Å². The Morgan fingerprint density at radius 2 is 1.15 bits per heavy atom. The molecule has 55 heavy (non-hydrogen) atoms. The molecule has 4 N–H and O–H groups in total. The fraction of sp³-hybridized carbons (Fsp3) is 0.224. The maximum absolute atomic E-state index is 13.5. The van der Waals surface area contributed by atoms with E-state index in [1.165, 1.54) is 12.5 Å². The van der Waals surface area contributed by atoms with Gasteiger partial charge in [0.1, 0.15) is 12.0 Å². The number of ketones is 1. The highest BCUT2D eigenvalue weighted by atomic mass is 16.3. The molecule has 0 heterocycles. The van der Waals surface area contributed by atoms with Crippen molar-refractivity contribution in [3.8, 4) is 11.1 Å². The van der Waals surface area contributed by atoms with Gasteiger partial charge in [0.25, 0.3) is 0 Å². The lowest BCUT2D eigenvalue weighted by molar-refractivity contribution is -0.128. The van der Waals surface area contributed by atoms with Gasteiger partial charge >= 0.3 is 0 Å². The third kappa shape index (κ3) is 10.1. The van der Waals surface area contributed by atoms with Crippen molar-refractivity contribution in [1.29, 1.82) is 0 Å². The molecule has 0 fully saturated rings. The summed E-state index contributed by atoms with van der Waals surface area (Å²) >= 11 is 0. The normalized spacial score (nSPS) is 13.1. The molecule has 0 bridgehead atoms. The number of aliphatic hydroxyl groups excluding tert-OH is 1. The summed E-state index contributed by atoms with van der Waals surface area (Å²) < 4.78 is 0. The first-order chi connectivity index (χ1) is 26.7. The molecule has 0 aliphatic rings. The lowest BCUT2D eigenvalue weighted by Crippen LogP contribution is -2.51. The van der Waals surface area contributed by atoms with Crippen molar-refractivity contribution >= 4 is 11.7 Å². The first-order valence-electron chi connectivity index (χ1n) is 19.1. The van der Waals surface area contributed by atoms with E-state index >= 15 is 0 Å². The molecular formula is C49H51N3O3. The van der Waals surface area contributed by atoms with Gasteiger partial charge in [-0.3, -0.25) is 20.2 Å². The average Bonchev–Trinajstić information content (AvgIpc) is 3.22. The molecule has 0 saturated carbocycles. The molecule has 0 spiro atoms. The Balaban J connectivity index is 1.12. The molecule has 6 aromatic rings. The lowest BCUT2D eigenvalue weighted by atomic mass is 9.76. The van der Waals surface area contributed by atoms with Crippen molar-refractivity contribution in [1.82, 2.24) is 16.0 Å². The summed E-state index contributed by atoms with van der Waals surface area (Å²) in [4.78, 5) is 25.8. The minimum Gasteiger partial charge on any atom is -0.378 e. The number of aliphatic hydroxyl groups is 1. The standard InChI is InChI=1S/C49H51N3O3/c1-35-22-28-45(29-23-35)49(43-18-9-5-10-19-43,44-20-11-6-12-21-44)51-34-40-15-13-14-39(32-40)33-50-48(55)46(31-37(3)53)52-47(54)36(2)30-38-24-26-42(27-25-38)41-16-7-4-8-17-41/h4-29,32,36,46-47,51-52,54H,30-31,33-34H2,1-3H3,(H,50,55)/t36-,46-,47-/m0/s1. The second-order valence-electron chi connectivity index (χ2n) is 14.6. The summed E-state index contributed by atoms with van der Waals surface area (Å²) in [5.74, 6) is -0.664. The molecule has 6 nitrogen and oxygen atoms in total. The van der Waals surface area contributed by atoms with Crippen LogP contribution in [0.15, 0.2) is 164 Å². The number of rotatable bonds is 17. The fourth-order valence-electron chi connectivity index (χ4n) is 7.22. The zero-order valence-electron chi connectivity index (χ0n) is 31.9. The van der Waals surface area contributed by atoms with Gasteiger partial charge in [0.05, 0.1) is 11.6 Å². The largest absolute Gasteiger partial charge is 0.378 e. The molecule has 0 saturated heterocycles. The Hall–Kier alpha value is -5.66. The number of aryl methyl sites for hydroxylation is 1. The van der Waals surface area contributed by atoms with Gasteiger partial charge in [0.15, 0.2) is 0 Å². The predicted octanol–water partition coefficient (Wildman–Crippen LogP) is 8.49. The maximum Gasteiger partial charge on any atom is 0.237 e. The summed E-state index contributed by atoms with van der Waals surface area (Å²) in [5.41, 5.74) is 9.35. The molecule has 0 unspecified atom stereocenters. The van der Waals surface area contributed by atoms with Gasteiger partial charge in [-0.25, -0.2) is 0 Å². The van der Waals surface area contributed by atoms with Gasteiger partial charge in [-0.1, -0.05) is 176 Å². The van der Waals surface area contributed by atoms with Crippen LogP contribution in [-0.2, 0) is 34.6 Å². The van der Waals surface area contributed by atoms with E-state index < -0.39 is 17.8 Å². The highest BCUT2D eigenvalue weighted by Gasteiger charge is 2.36. The van der Waals surface area contributed by atoms with Crippen LogP contribution in [0.4, 0.5) is 0 Å². The molecule has 1 amide bonds. The number of Topliss-reactive ketones (excluding diaryl/α,β-unsaturated/α-hetero) is 1. The van der Waals surface area contributed by atoms with Gasteiger partial charge in [-0.15, -0.1) is 0 Å². The van der Waals surface area contributed by atoms with E-state index in [9.17, 15) is 14.7 Å². The van der Waals surface area contributed by atoms with Crippen molar-refractivity contribution in [2.45, 2.75) is 64.5 Å².